The van der Waals surface area contributed by atoms with Gasteiger partial charge in [-0.2, -0.15) is 0 Å². The maximum Gasteiger partial charge on any atom is 0.222 e. The molecule has 0 aliphatic carbocycles. The Morgan fingerprint density at radius 3 is 2.50 bits per heavy atom. The van der Waals surface area contributed by atoms with Gasteiger partial charge in [0.1, 0.15) is 0 Å². The molecule has 0 radical (unpaired) electrons. The van der Waals surface area contributed by atoms with Crippen LogP contribution in [-0.2, 0) is 4.79 Å². The zero-order chi connectivity index (χ0) is 7.98. The summed E-state index contributed by atoms with van der Waals surface area (Å²) in [5.41, 5.74) is 0. The normalized spacial score (nSPS) is 12.7. The molecule has 0 bridgehead atoms. The lowest BCUT2D eigenvalue weighted by Gasteiger charge is -2.07. The van der Waals surface area contributed by atoms with Crippen molar-refractivity contribution in [2.75, 3.05) is 20.6 Å². The molecule has 1 atom stereocenters. The van der Waals surface area contributed by atoms with Crippen molar-refractivity contribution in [3.05, 3.63) is 0 Å². The molecule has 60 valence electrons. The Balaban J connectivity index is 3.41. The largest absolute Gasteiger partial charge is 0.359 e. The van der Waals surface area contributed by atoms with Crippen LogP contribution in [0.2, 0.25) is 0 Å². The smallest absolute Gasteiger partial charge is 0.222 e. The highest BCUT2D eigenvalue weighted by molar-refractivity contribution is 5.77. The molecular formula is C7H16N2O. The zero-order valence-corrected chi connectivity index (χ0v) is 6.90. The van der Waals surface area contributed by atoms with Crippen molar-refractivity contribution in [1.82, 2.24) is 10.6 Å². The summed E-state index contributed by atoms with van der Waals surface area (Å²) in [6, 6.07) is 0. The number of nitrogens with one attached hydrogen (secondary N) is 2. The van der Waals surface area contributed by atoms with E-state index in [0.717, 1.165) is 13.0 Å². The van der Waals surface area contributed by atoms with Crippen LogP contribution in [0.4, 0.5) is 0 Å². The summed E-state index contributed by atoms with van der Waals surface area (Å²) in [7, 11) is 3.55. The van der Waals surface area contributed by atoms with Gasteiger partial charge < -0.3 is 10.6 Å². The molecule has 0 aromatic carbocycles. The molecule has 1 amide bonds. The highest BCUT2D eigenvalue weighted by Gasteiger charge is 2.08. The minimum Gasteiger partial charge on any atom is -0.359 e. The molecule has 0 fully saturated rings. The van der Waals surface area contributed by atoms with Gasteiger partial charge in [0, 0.05) is 13.0 Å². The molecule has 0 aromatic heterocycles. The molecule has 0 aliphatic heterocycles. The Morgan fingerprint density at radius 1 is 1.50 bits per heavy atom. The number of carbonyl (C=O) groups is 1. The van der Waals surface area contributed by atoms with Crippen LogP contribution in [0.5, 0.6) is 0 Å². The van der Waals surface area contributed by atoms with Gasteiger partial charge in [0.25, 0.3) is 0 Å². The zero-order valence-electron chi connectivity index (χ0n) is 6.90. The van der Waals surface area contributed by atoms with E-state index in [4.69, 9.17) is 0 Å². The molecule has 0 saturated carbocycles. The van der Waals surface area contributed by atoms with Crippen molar-refractivity contribution in [3.63, 3.8) is 0 Å². The van der Waals surface area contributed by atoms with Crippen molar-refractivity contribution in [1.29, 1.82) is 0 Å². The Morgan fingerprint density at radius 2 is 2.10 bits per heavy atom. The topological polar surface area (TPSA) is 41.1 Å². The number of rotatable bonds is 4. The summed E-state index contributed by atoms with van der Waals surface area (Å²) < 4.78 is 0. The summed E-state index contributed by atoms with van der Waals surface area (Å²) >= 11 is 0. The lowest BCUT2D eigenvalue weighted by molar-refractivity contribution is -0.124. The lowest BCUT2D eigenvalue weighted by Crippen LogP contribution is -2.27. The van der Waals surface area contributed by atoms with E-state index >= 15 is 0 Å². The second-order valence-electron chi connectivity index (χ2n) is 2.41. The average molecular weight is 144 g/mol. The first-order valence-corrected chi connectivity index (χ1v) is 3.58. The average Bonchev–Trinajstić information content (AvgIpc) is 1.98. The molecule has 0 spiro atoms. The summed E-state index contributed by atoms with van der Waals surface area (Å²) in [5, 5.41) is 5.60. The van der Waals surface area contributed by atoms with Crippen molar-refractivity contribution >= 4 is 5.91 Å². The van der Waals surface area contributed by atoms with Gasteiger partial charge in [0.15, 0.2) is 0 Å². The van der Waals surface area contributed by atoms with Crippen LogP contribution in [0.1, 0.15) is 13.3 Å². The standard InChI is InChI=1S/C7H16N2O/c1-6(4-5-8-2)7(10)9-3/h6,8H,4-5H2,1-3H3,(H,9,10). The predicted octanol–water partition coefficient (Wildman–Crippen LogP) is -0.0220. The van der Waals surface area contributed by atoms with Gasteiger partial charge in [0.2, 0.25) is 5.91 Å². The van der Waals surface area contributed by atoms with Crippen LogP contribution in [-0.4, -0.2) is 26.5 Å². The van der Waals surface area contributed by atoms with Crippen molar-refractivity contribution in [2.24, 2.45) is 5.92 Å². The number of carbonyl (C=O) groups excluding carboxylic acids is 1. The molecule has 10 heavy (non-hydrogen) atoms. The van der Waals surface area contributed by atoms with E-state index in [0.29, 0.717) is 0 Å². The minimum atomic E-state index is 0.121. The fraction of sp³-hybridized carbons (Fsp3) is 0.857. The van der Waals surface area contributed by atoms with Gasteiger partial charge in [-0.1, -0.05) is 6.92 Å². The quantitative estimate of drug-likeness (QED) is 0.582. The second-order valence-corrected chi connectivity index (χ2v) is 2.41. The fourth-order valence-corrected chi connectivity index (χ4v) is 0.738. The molecule has 0 aliphatic rings. The van der Waals surface area contributed by atoms with E-state index in [2.05, 4.69) is 10.6 Å². The van der Waals surface area contributed by atoms with Crippen LogP contribution in [0.15, 0.2) is 0 Å². The summed E-state index contributed by atoms with van der Waals surface area (Å²) in [5.74, 6) is 0.243. The van der Waals surface area contributed by atoms with E-state index in [-0.39, 0.29) is 11.8 Å². The SMILES string of the molecule is CNCCC(C)C(=O)NC. The van der Waals surface area contributed by atoms with Crippen LogP contribution in [0.25, 0.3) is 0 Å². The van der Waals surface area contributed by atoms with E-state index in [1.807, 2.05) is 14.0 Å². The van der Waals surface area contributed by atoms with Gasteiger partial charge in [-0.15, -0.1) is 0 Å². The number of hydrogen-bond donors (Lipinski definition) is 2. The monoisotopic (exact) mass is 144 g/mol. The van der Waals surface area contributed by atoms with Crippen molar-refractivity contribution in [2.45, 2.75) is 13.3 Å². The molecule has 3 nitrogen and oxygen atoms in total. The van der Waals surface area contributed by atoms with E-state index in [9.17, 15) is 4.79 Å². The highest BCUT2D eigenvalue weighted by atomic mass is 16.1. The Hall–Kier alpha value is -0.570. The van der Waals surface area contributed by atoms with Gasteiger partial charge >= 0.3 is 0 Å². The van der Waals surface area contributed by atoms with Crippen LogP contribution in [0.3, 0.4) is 0 Å². The Kier molecular flexibility index (Phi) is 4.94. The van der Waals surface area contributed by atoms with Crippen LogP contribution >= 0.6 is 0 Å². The third kappa shape index (κ3) is 3.45. The molecule has 3 heteroatoms. The van der Waals surface area contributed by atoms with Crippen molar-refractivity contribution < 1.29 is 4.79 Å². The molecule has 0 saturated heterocycles. The van der Waals surface area contributed by atoms with Crippen LogP contribution in [0, 0.1) is 5.92 Å². The molecule has 0 aromatic rings. The van der Waals surface area contributed by atoms with Crippen LogP contribution < -0.4 is 10.6 Å². The molecular weight excluding hydrogens is 128 g/mol. The molecule has 2 N–H and O–H groups in total. The first kappa shape index (κ1) is 9.43. The van der Waals surface area contributed by atoms with Gasteiger partial charge in [0.05, 0.1) is 0 Å². The Labute approximate surface area is 62.2 Å². The maximum absolute atomic E-state index is 10.9. The van der Waals surface area contributed by atoms with Crippen molar-refractivity contribution in [3.8, 4) is 0 Å². The number of amides is 1. The van der Waals surface area contributed by atoms with Gasteiger partial charge in [-0.05, 0) is 20.0 Å². The Bertz CT molecular complexity index is 104. The second kappa shape index (κ2) is 5.23. The molecule has 0 heterocycles. The van der Waals surface area contributed by atoms with E-state index in [1.54, 1.807) is 7.05 Å². The summed E-state index contributed by atoms with van der Waals surface area (Å²) in [4.78, 5) is 10.9. The first-order chi connectivity index (χ1) is 4.72. The summed E-state index contributed by atoms with van der Waals surface area (Å²) in [6.45, 7) is 2.82. The van der Waals surface area contributed by atoms with Gasteiger partial charge in [-0.3, -0.25) is 4.79 Å². The third-order valence-electron chi connectivity index (χ3n) is 1.52. The highest BCUT2D eigenvalue weighted by Crippen LogP contribution is 1.98. The first-order valence-electron chi connectivity index (χ1n) is 3.58. The van der Waals surface area contributed by atoms with E-state index in [1.165, 1.54) is 0 Å². The third-order valence-corrected chi connectivity index (χ3v) is 1.52. The minimum absolute atomic E-state index is 0.121. The fourth-order valence-electron chi connectivity index (χ4n) is 0.738. The van der Waals surface area contributed by atoms with Gasteiger partial charge in [-0.25, -0.2) is 0 Å². The molecule has 0 rings (SSSR count). The predicted molar refractivity (Wildman–Crippen MR) is 41.8 cm³/mol. The molecule has 1 unspecified atom stereocenters. The number of hydrogen-bond acceptors (Lipinski definition) is 2. The lowest BCUT2D eigenvalue weighted by atomic mass is 10.1. The maximum atomic E-state index is 10.9. The summed E-state index contributed by atoms with van der Waals surface area (Å²) in [6.07, 6.45) is 0.899. The van der Waals surface area contributed by atoms with E-state index < -0.39 is 0 Å².